The Morgan fingerprint density at radius 2 is 1.96 bits per heavy atom. The fourth-order valence-electron chi connectivity index (χ4n) is 2.25. The zero-order valence-electron chi connectivity index (χ0n) is 13.1. The zero-order valence-corrected chi connectivity index (χ0v) is 13.1. The third-order valence-electron chi connectivity index (χ3n) is 3.27. The quantitative estimate of drug-likeness (QED) is 0.724. The second-order valence-corrected chi connectivity index (χ2v) is 5.32. The number of hydrogen-bond acceptors (Lipinski definition) is 3. The summed E-state index contributed by atoms with van der Waals surface area (Å²) in [5.41, 5.74) is 0.203. The fourth-order valence-corrected chi connectivity index (χ4v) is 2.25. The van der Waals surface area contributed by atoms with Gasteiger partial charge >= 0.3 is 0 Å². The predicted molar refractivity (Wildman–Crippen MR) is 84.1 cm³/mol. The Morgan fingerprint density at radius 1 is 1.25 bits per heavy atom. The second-order valence-electron chi connectivity index (χ2n) is 5.32. The lowest BCUT2D eigenvalue weighted by atomic mass is 10.1. The average molecular weight is 336 g/mol. The first-order valence-corrected chi connectivity index (χ1v) is 7.52. The number of amides is 2. The Kier molecular flexibility index (Phi) is 6.00. The van der Waals surface area contributed by atoms with Gasteiger partial charge in [-0.15, -0.1) is 0 Å². The van der Waals surface area contributed by atoms with Crippen molar-refractivity contribution in [2.45, 2.75) is 32.2 Å². The first-order chi connectivity index (χ1) is 11.5. The largest absolute Gasteiger partial charge is 0.344 e. The van der Waals surface area contributed by atoms with Gasteiger partial charge in [0.15, 0.2) is 0 Å². The molecular weight excluding hydrogens is 318 g/mol. The normalized spacial score (nSPS) is 11.8. The summed E-state index contributed by atoms with van der Waals surface area (Å²) >= 11 is 0. The van der Waals surface area contributed by atoms with Gasteiger partial charge in [0.25, 0.3) is 0 Å². The molecule has 0 saturated carbocycles. The molecule has 1 aromatic carbocycles. The minimum atomic E-state index is -0.750. The molecule has 0 radical (unpaired) electrons. The van der Waals surface area contributed by atoms with E-state index in [2.05, 4.69) is 20.8 Å². The molecule has 0 spiro atoms. The van der Waals surface area contributed by atoms with E-state index in [0.29, 0.717) is 18.7 Å². The third-order valence-corrected chi connectivity index (χ3v) is 3.27. The maximum absolute atomic E-state index is 13.2. The van der Waals surface area contributed by atoms with Crippen LogP contribution in [0.15, 0.2) is 30.5 Å². The van der Waals surface area contributed by atoms with Crippen molar-refractivity contribution in [3.05, 3.63) is 47.7 Å². The molecule has 3 N–H and O–H groups in total. The maximum atomic E-state index is 13.2. The Labute approximate surface area is 137 Å². The number of benzene rings is 1. The summed E-state index contributed by atoms with van der Waals surface area (Å²) in [6.07, 6.45) is 2.38. The molecule has 8 heteroatoms. The van der Waals surface area contributed by atoms with Crippen molar-refractivity contribution >= 4 is 17.6 Å². The molecule has 0 bridgehead atoms. The highest BCUT2D eigenvalue weighted by Gasteiger charge is 2.20. The molecule has 0 aliphatic rings. The second kappa shape index (κ2) is 8.19. The molecule has 6 nitrogen and oxygen atoms in total. The van der Waals surface area contributed by atoms with E-state index in [4.69, 9.17) is 0 Å². The number of rotatable bonds is 7. The number of halogens is 2. The molecule has 24 heavy (non-hydrogen) atoms. The van der Waals surface area contributed by atoms with Crippen LogP contribution in [0.1, 0.15) is 25.3 Å². The van der Waals surface area contributed by atoms with Crippen LogP contribution in [0.5, 0.6) is 0 Å². The molecule has 1 heterocycles. The number of carbonyl (C=O) groups excluding carboxylic acids is 2. The molecule has 2 amide bonds. The Balaban J connectivity index is 1.98. The maximum Gasteiger partial charge on any atom is 0.248 e. The Morgan fingerprint density at radius 3 is 2.54 bits per heavy atom. The van der Waals surface area contributed by atoms with Crippen molar-refractivity contribution in [2.75, 3.05) is 5.32 Å². The molecule has 0 fully saturated rings. The fraction of sp³-hybridized carbons (Fsp3) is 0.312. The van der Waals surface area contributed by atoms with E-state index >= 15 is 0 Å². The highest BCUT2D eigenvalue weighted by atomic mass is 19.1. The molecule has 1 aromatic heterocycles. The van der Waals surface area contributed by atoms with E-state index in [0.717, 1.165) is 18.2 Å². The average Bonchev–Trinajstić information content (AvgIpc) is 2.98. The van der Waals surface area contributed by atoms with Crippen molar-refractivity contribution in [3.63, 3.8) is 0 Å². The van der Waals surface area contributed by atoms with Crippen LogP contribution >= 0.6 is 0 Å². The molecule has 2 rings (SSSR count). The molecule has 2 aromatic rings. The SMILES string of the molecule is CCCC(NC(=O)Cc1cc(F)cc(F)c1)C(=O)Nc1ccn[nH]1. The van der Waals surface area contributed by atoms with Gasteiger partial charge in [-0.05, 0) is 24.1 Å². The van der Waals surface area contributed by atoms with E-state index in [-0.39, 0.29) is 17.9 Å². The van der Waals surface area contributed by atoms with Crippen LogP contribution < -0.4 is 10.6 Å². The molecule has 0 aliphatic carbocycles. The number of H-pyrrole nitrogens is 1. The van der Waals surface area contributed by atoms with Gasteiger partial charge in [0.05, 0.1) is 12.6 Å². The first kappa shape index (κ1) is 17.6. The highest BCUT2D eigenvalue weighted by Crippen LogP contribution is 2.09. The van der Waals surface area contributed by atoms with E-state index in [1.807, 2.05) is 6.92 Å². The standard InChI is InChI=1S/C16H18F2N4O2/c1-2-3-13(16(24)21-14-4-5-19-22-14)20-15(23)8-10-6-11(17)9-12(18)7-10/h4-7,9,13H,2-3,8H2,1H3,(H,20,23)(H2,19,21,22,24). The minimum Gasteiger partial charge on any atom is -0.344 e. The van der Waals surface area contributed by atoms with Crippen LogP contribution in [0.4, 0.5) is 14.6 Å². The van der Waals surface area contributed by atoms with Gasteiger partial charge in [-0.2, -0.15) is 5.10 Å². The van der Waals surface area contributed by atoms with Crippen LogP contribution in [0, 0.1) is 11.6 Å². The van der Waals surface area contributed by atoms with Gasteiger partial charge in [0.1, 0.15) is 23.5 Å². The Hall–Kier alpha value is -2.77. The van der Waals surface area contributed by atoms with Crippen LogP contribution in [0.2, 0.25) is 0 Å². The summed E-state index contributed by atoms with van der Waals surface area (Å²) in [5.74, 6) is -1.96. The van der Waals surface area contributed by atoms with Crippen LogP contribution in [-0.4, -0.2) is 28.1 Å². The third kappa shape index (κ3) is 5.15. The minimum absolute atomic E-state index is 0.203. The molecular formula is C16H18F2N4O2. The summed E-state index contributed by atoms with van der Waals surface area (Å²) in [7, 11) is 0. The van der Waals surface area contributed by atoms with Crippen molar-refractivity contribution in [2.24, 2.45) is 0 Å². The first-order valence-electron chi connectivity index (χ1n) is 7.52. The van der Waals surface area contributed by atoms with E-state index in [1.165, 1.54) is 6.20 Å². The van der Waals surface area contributed by atoms with Crippen LogP contribution in [0.3, 0.4) is 0 Å². The van der Waals surface area contributed by atoms with Crippen molar-refractivity contribution < 1.29 is 18.4 Å². The predicted octanol–water partition coefficient (Wildman–Crippen LogP) is 2.15. The number of nitrogens with zero attached hydrogens (tertiary/aromatic N) is 1. The van der Waals surface area contributed by atoms with Crippen molar-refractivity contribution in [1.82, 2.24) is 15.5 Å². The number of nitrogens with one attached hydrogen (secondary N) is 3. The van der Waals surface area contributed by atoms with Gasteiger partial charge in [0.2, 0.25) is 11.8 Å². The lowest BCUT2D eigenvalue weighted by molar-refractivity contribution is -0.126. The van der Waals surface area contributed by atoms with Gasteiger partial charge in [-0.25, -0.2) is 8.78 Å². The number of aromatic amines is 1. The molecule has 0 aliphatic heterocycles. The number of aromatic nitrogens is 2. The number of anilines is 1. The van der Waals surface area contributed by atoms with Crippen LogP contribution in [-0.2, 0) is 16.0 Å². The topological polar surface area (TPSA) is 86.9 Å². The lowest BCUT2D eigenvalue weighted by Gasteiger charge is -2.17. The van der Waals surface area contributed by atoms with Gasteiger partial charge in [-0.1, -0.05) is 13.3 Å². The summed E-state index contributed by atoms with van der Waals surface area (Å²) < 4.78 is 26.3. The summed E-state index contributed by atoms with van der Waals surface area (Å²) in [5, 5.41) is 11.5. The van der Waals surface area contributed by atoms with Gasteiger partial charge < -0.3 is 10.6 Å². The van der Waals surface area contributed by atoms with E-state index in [9.17, 15) is 18.4 Å². The molecule has 128 valence electrons. The molecule has 1 atom stereocenters. The Bertz CT molecular complexity index is 684. The van der Waals surface area contributed by atoms with Gasteiger partial charge in [-0.3, -0.25) is 14.7 Å². The molecule has 1 unspecified atom stereocenters. The van der Waals surface area contributed by atoms with Crippen molar-refractivity contribution in [3.8, 4) is 0 Å². The monoisotopic (exact) mass is 336 g/mol. The van der Waals surface area contributed by atoms with Gasteiger partial charge in [0, 0.05) is 12.1 Å². The zero-order chi connectivity index (χ0) is 17.5. The summed E-state index contributed by atoms with van der Waals surface area (Å²) in [6.45, 7) is 1.88. The molecule has 0 saturated heterocycles. The summed E-state index contributed by atoms with van der Waals surface area (Å²) in [6, 6.07) is 3.74. The smallest absolute Gasteiger partial charge is 0.248 e. The number of carbonyl (C=O) groups is 2. The number of hydrogen-bond donors (Lipinski definition) is 3. The van der Waals surface area contributed by atoms with E-state index in [1.54, 1.807) is 6.07 Å². The summed E-state index contributed by atoms with van der Waals surface area (Å²) in [4.78, 5) is 24.3. The van der Waals surface area contributed by atoms with Crippen LogP contribution in [0.25, 0.3) is 0 Å². The lowest BCUT2D eigenvalue weighted by Crippen LogP contribution is -2.44. The van der Waals surface area contributed by atoms with Crippen molar-refractivity contribution in [1.29, 1.82) is 0 Å². The van der Waals surface area contributed by atoms with E-state index < -0.39 is 23.6 Å². The highest BCUT2D eigenvalue weighted by molar-refractivity contribution is 5.96.